The lowest BCUT2D eigenvalue weighted by molar-refractivity contribution is -0.116. The largest absolute Gasteiger partial charge is 0.493 e. The Bertz CT molecular complexity index is 1060. The molecule has 0 aliphatic carbocycles. The Hall–Kier alpha value is -3.35. The van der Waals surface area contributed by atoms with E-state index in [0.717, 1.165) is 11.1 Å². The molecule has 0 radical (unpaired) electrons. The van der Waals surface area contributed by atoms with Gasteiger partial charge >= 0.3 is 0 Å². The topological polar surface area (TPSA) is 65.4 Å². The maximum absolute atomic E-state index is 13.3. The first kappa shape index (κ1) is 19.9. The summed E-state index contributed by atoms with van der Waals surface area (Å²) in [5, 5.41) is 7.35. The van der Waals surface area contributed by atoms with E-state index in [0.29, 0.717) is 41.9 Å². The molecule has 6 nitrogen and oxygen atoms in total. The van der Waals surface area contributed by atoms with E-state index in [-0.39, 0.29) is 17.6 Å². The van der Waals surface area contributed by atoms with E-state index in [1.54, 1.807) is 30.1 Å². The summed E-state index contributed by atoms with van der Waals surface area (Å²) in [5.41, 5.74) is 2.52. The number of anilines is 1. The standard InChI is InChI=1S/C23H24FN3O3/c1-14(2)13-30-20-9-4-15(10-21(20)29-3)18-11-22(28)26-23-19(18)12-25-27(23)17-7-5-16(24)6-8-17/h4-10,12,14,18H,11,13H2,1-3H3,(H,26,28)/t18-/m0/s1. The van der Waals surface area contributed by atoms with Gasteiger partial charge in [-0.05, 0) is 47.9 Å². The van der Waals surface area contributed by atoms with Crippen LogP contribution < -0.4 is 14.8 Å². The molecule has 7 heteroatoms. The van der Waals surface area contributed by atoms with E-state index in [1.165, 1.54) is 12.1 Å². The molecule has 1 amide bonds. The Morgan fingerprint density at radius 1 is 1.20 bits per heavy atom. The minimum Gasteiger partial charge on any atom is -0.493 e. The van der Waals surface area contributed by atoms with Crippen LogP contribution >= 0.6 is 0 Å². The molecule has 0 unspecified atom stereocenters. The van der Waals surface area contributed by atoms with Crippen molar-refractivity contribution in [2.45, 2.75) is 26.2 Å². The van der Waals surface area contributed by atoms with Gasteiger partial charge in [-0.1, -0.05) is 19.9 Å². The zero-order chi connectivity index (χ0) is 21.3. The summed E-state index contributed by atoms with van der Waals surface area (Å²) < 4.78 is 26.3. The molecule has 2 heterocycles. The van der Waals surface area contributed by atoms with Crippen LogP contribution in [0.3, 0.4) is 0 Å². The van der Waals surface area contributed by atoms with Gasteiger partial charge < -0.3 is 14.8 Å². The predicted octanol–water partition coefficient (Wildman–Crippen LogP) is 4.53. The smallest absolute Gasteiger partial charge is 0.226 e. The summed E-state index contributed by atoms with van der Waals surface area (Å²) in [6.07, 6.45) is 2.05. The van der Waals surface area contributed by atoms with E-state index < -0.39 is 0 Å². The van der Waals surface area contributed by atoms with Crippen LogP contribution in [0.25, 0.3) is 5.69 Å². The van der Waals surface area contributed by atoms with Crippen molar-refractivity contribution in [3.05, 3.63) is 65.6 Å². The van der Waals surface area contributed by atoms with E-state index in [4.69, 9.17) is 9.47 Å². The first-order valence-corrected chi connectivity index (χ1v) is 9.90. The molecule has 156 valence electrons. The van der Waals surface area contributed by atoms with Gasteiger partial charge in [0.15, 0.2) is 11.5 Å². The molecule has 4 rings (SSSR count). The number of fused-ring (bicyclic) bond motifs is 1. The van der Waals surface area contributed by atoms with Crippen LogP contribution in [0.5, 0.6) is 11.5 Å². The molecule has 2 aromatic carbocycles. The number of nitrogens with one attached hydrogen (secondary N) is 1. The summed E-state index contributed by atoms with van der Waals surface area (Å²) in [7, 11) is 1.60. The number of amides is 1. The molecule has 1 aliphatic rings. The zero-order valence-corrected chi connectivity index (χ0v) is 17.2. The third-order valence-corrected chi connectivity index (χ3v) is 5.05. The fourth-order valence-corrected chi connectivity index (χ4v) is 3.57. The molecule has 3 aromatic rings. The molecule has 0 bridgehead atoms. The third-order valence-electron chi connectivity index (χ3n) is 5.05. The van der Waals surface area contributed by atoms with E-state index in [9.17, 15) is 9.18 Å². The second kappa shape index (κ2) is 8.18. The first-order chi connectivity index (χ1) is 14.5. The minimum absolute atomic E-state index is 0.101. The fraction of sp³-hybridized carbons (Fsp3) is 0.304. The van der Waals surface area contributed by atoms with Gasteiger partial charge in [-0.3, -0.25) is 4.79 Å². The fourth-order valence-electron chi connectivity index (χ4n) is 3.57. The Morgan fingerprint density at radius 2 is 1.97 bits per heavy atom. The van der Waals surface area contributed by atoms with Gasteiger partial charge in [0.05, 0.1) is 25.6 Å². The lowest BCUT2D eigenvalue weighted by Gasteiger charge is -2.24. The summed E-state index contributed by atoms with van der Waals surface area (Å²) >= 11 is 0. The monoisotopic (exact) mass is 409 g/mol. The maximum atomic E-state index is 13.3. The van der Waals surface area contributed by atoms with Crippen molar-refractivity contribution < 1.29 is 18.7 Å². The van der Waals surface area contributed by atoms with E-state index in [1.807, 2.05) is 18.2 Å². The Labute approximate surface area is 174 Å². The molecule has 1 aromatic heterocycles. The van der Waals surface area contributed by atoms with Gasteiger partial charge in [0.25, 0.3) is 0 Å². The molecular formula is C23H24FN3O3. The summed E-state index contributed by atoms with van der Waals surface area (Å²) in [4.78, 5) is 12.5. The number of aromatic nitrogens is 2. The van der Waals surface area contributed by atoms with Crippen LogP contribution in [0.2, 0.25) is 0 Å². The molecule has 0 spiro atoms. The molecule has 1 aliphatic heterocycles. The number of benzene rings is 2. The van der Waals surface area contributed by atoms with Crippen LogP contribution in [-0.2, 0) is 4.79 Å². The highest BCUT2D eigenvalue weighted by Crippen LogP contribution is 2.40. The van der Waals surface area contributed by atoms with Gasteiger partial charge in [-0.2, -0.15) is 5.10 Å². The van der Waals surface area contributed by atoms with Crippen molar-refractivity contribution in [2.75, 3.05) is 19.0 Å². The molecule has 30 heavy (non-hydrogen) atoms. The van der Waals surface area contributed by atoms with E-state index >= 15 is 0 Å². The summed E-state index contributed by atoms with van der Waals surface area (Å²) in [6, 6.07) is 11.7. The van der Waals surface area contributed by atoms with Crippen molar-refractivity contribution in [1.29, 1.82) is 0 Å². The number of ether oxygens (including phenoxy) is 2. The van der Waals surface area contributed by atoms with Gasteiger partial charge in [0, 0.05) is 17.9 Å². The average molecular weight is 409 g/mol. The van der Waals surface area contributed by atoms with Crippen LogP contribution in [0.15, 0.2) is 48.7 Å². The highest BCUT2D eigenvalue weighted by Gasteiger charge is 2.31. The van der Waals surface area contributed by atoms with Crippen LogP contribution in [0.1, 0.15) is 37.3 Å². The Kier molecular flexibility index (Phi) is 5.44. The van der Waals surface area contributed by atoms with Crippen LogP contribution in [-0.4, -0.2) is 29.4 Å². The number of carbonyl (C=O) groups excluding carboxylic acids is 1. The zero-order valence-electron chi connectivity index (χ0n) is 17.2. The molecule has 1 atom stereocenters. The SMILES string of the molecule is COc1cc([C@@H]2CC(=O)Nc3c2cnn3-c2ccc(F)cc2)ccc1OCC(C)C. The number of hydrogen-bond donors (Lipinski definition) is 1. The average Bonchev–Trinajstić information content (AvgIpc) is 3.15. The Morgan fingerprint density at radius 3 is 2.67 bits per heavy atom. The number of rotatable bonds is 6. The summed E-state index contributed by atoms with van der Waals surface area (Å²) in [5.74, 6) is 1.71. The van der Waals surface area contributed by atoms with Crippen molar-refractivity contribution in [3.8, 4) is 17.2 Å². The molecule has 0 fully saturated rings. The highest BCUT2D eigenvalue weighted by atomic mass is 19.1. The molecule has 0 saturated heterocycles. The van der Waals surface area contributed by atoms with Gasteiger partial charge in [-0.15, -0.1) is 0 Å². The number of hydrogen-bond acceptors (Lipinski definition) is 4. The van der Waals surface area contributed by atoms with Crippen molar-refractivity contribution in [3.63, 3.8) is 0 Å². The van der Waals surface area contributed by atoms with Crippen molar-refractivity contribution in [2.24, 2.45) is 5.92 Å². The van der Waals surface area contributed by atoms with E-state index in [2.05, 4.69) is 24.3 Å². The van der Waals surface area contributed by atoms with Gasteiger partial charge in [-0.25, -0.2) is 9.07 Å². The second-order valence-corrected chi connectivity index (χ2v) is 7.76. The number of carbonyl (C=O) groups is 1. The highest BCUT2D eigenvalue weighted by molar-refractivity contribution is 5.94. The number of halogens is 1. The normalized spacial score (nSPS) is 15.6. The quantitative estimate of drug-likeness (QED) is 0.650. The summed E-state index contributed by atoms with van der Waals surface area (Å²) in [6.45, 7) is 4.76. The number of nitrogens with zero attached hydrogens (tertiary/aromatic N) is 2. The Balaban J connectivity index is 1.70. The molecule has 1 N–H and O–H groups in total. The van der Waals surface area contributed by atoms with Gasteiger partial charge in [0.1, 0.15) is 11.6 Å². The predicted molar refractivity (Wildman–Crippen MR) is 112 cm³/mol. The first-order valence-electron chi connectivity index (χ1n) is 9.90. The van der Waals surface area contributed by atoms with Crippen molar-refractivity contribution in [1.82, 2.24) is 9.78 Å². The van der Waals surface area contributed by atoms with Gasteiger partial charge in [0.2, 0.25) is 5.91 Å². The maximum Gasteiger partial charge on any atom is 0.226 e. The lowest BCUT2D eigenvalue weighted by Crippen LogP contribution is -2.24. The lowest BCUT2D eigenvalue weighted by atomic mass is 9.87. The van der Waals surface area contributed by atoms with Crippen molar-refractivity contribution >= 4 is 11.7 Å². The molecular weight excluding hydrogens is 385 g/mol. The minimum atomic E-state index is -0.325. The third kappa shape index (κ3) is 3.87. The second-order valence-electron chi connectivity index (χ2n) is 7.76. The van der Waals surface area contributed by atoms with Crippen LogP contribution in [0.4, 0.5) is 10.2 Å². The van der Waals surface area contributed by atoms with Crippen LogP contribution in [0, 0.1) is 11.7 Å². The molecule has 0 saturated carbocycles. The number of methoxy groups -OCH3 is 1.